The lowest BCUT2D eigenvalue weighted by molar-refractivity contribution is -0.142. The lowest BCUT2D eigenvalue weighted by Crippen LogP contribution is -2.01. The Morgan fingerprint density at radius 2 is 2.20 bits per heavy atom. The fraction of sp³-hybridized carbons (Fsp3) is 0.273. The van der Waals surface area contributed by atoms with Crippen molar-refractivity contribution in [3.05, 3.63) is 28.0 Å². The molecule has 0 aliphatic rings. The van der Waals surface area contributed by atoms with Gasteiger partial charge in [-0.2, -0.15) is 11.3 Å². The second-order valence-electron chi connectivity index (χ2n) is 2.81. The van der Waals surface area contributed by atoms with E-state index in [-0.39, 0.29) is 12.4 Å². The van der Waals surface area contributed by atoms with Crippen LogP contribution in [0.25, 0.3) is 6.08 Å². The summed E-state index contributed by atoms with van der Waals surface area (Å²) in [7, 11) is 0. The van der Waals surface area contributed by atoms with E-state index in [0.29, 0.717) is 12.2 Å². The van der Waals surface area contributed by atoms with Crippen molar-refractivity contribution in [3.8, 4) is 0 Å². The van der Waals surface area contributed by atoms with Gasteiger partial charge in [0.05, 0.1) is 13.0 Å². The van der Waals surface area contributed by atoms with E-state index in [4.69, 9.17) is 4.74 Å². The van der Waals surface area contributed by atoms with Crippen LogP contribution in [0.5, 0.6) is 0 Å². The maximum Gasteiger partial charge on any atom is 0.309 e. The van der Waals surface area contributed by atoms with Gasteiger partial charge in [-0.1, -0.05) is 12.2 Å². The Morgan fingerprint density at radius 1 is 1.47 bits per heavy atom. The monoisotopic (exact) mass is 224 g/mol. The van der Waals surface area contributed by atoms with E-state index < -0.39 is 0 Å². The second-order valence-corrected chi connectivity index (χ2v) is 3.56. The van der Waals surface area contributed by atoms with E-state index in [2.05, 4.69) is 0 Å². The molecule has 0 saturated heterocycles. The molecule has 0 aliphatic heterocycles. The number of rotatable bonds is 5. The molecule has 0 spiro atoms. The summed E-state index contributed by atoms with van der Waals surface area (Å²) in [5, 5.41) is 3.64. The molecule has 0 aromatic carbocycles. The average Bonchev–Trinajstić information content (AvgIpc) is 2.66. The lowest BCUT2D eigenvalue weighted by Gasteiger charge is -1.96. The van der Waals surface area contributed by atoms with Crippen LogP contribution in [0.4, 0.5) is 0 Å². The number of esters is 1. The molecule has 1 aromatic heterocycles. The third-order valence-corrected chi connectivity index (χ3v) is 2.52. The Hall–Kier alpha value is -1.42. The van der Waals surface area contributed by atoms with Crippen LogP contribution < -0.4 is 0 Å². The lowest BCUT2D eigenvalue weighted by atomic mass is 10.2. The molecule has 0 amide bonds. The summed E-state index contributed by atoms with van der Waals surface area (Å²) in [6, 6.07) is 0. The highest BCUT2D eigenvalue weighted by Crippen LogP contribution is 2.14. The first-order valence-corrected chi connectivity index (χ1v) is 5.55. The summed E-state index contributed by atoms with van der Waals surface area (Å²) in [6.07, 6.45) is 4.51. The van der Waals surface area contributed by atoms with Gasteiger partial charge in [-0.05, 0) is 17.9 Å². The summed E-state index contributed by atoms with van der Waals surface area (Å²) >= 11 is 1.46. The van der Waals surface area contributed by atoms with Crippen LogP contribution in [0, 0.1) is 0 Å². The summed E-state index contributed by atoms with van der Waals surface area (Å²) in [5.74, 6) is -0.253. The number of hydrogen-bond acceptors (Lipinski definition) is 4. The quantitative estimate of drug-likeness (QED) is 0.570. The first kappa shape index (κ1) is 11.7. The van der Waals surface area contributed by atoms with Gasteiger partial charge in [0.2, 0.25) is 0 Å². The highest BCUT2D eigenvalue weighted by molar-refractivity contribution is 7.08. The van der Waals surface area contributed by atoms with Gasteiger partial charge in [0.25, 0.3) is 0 Å². The van der Waals surface area contributed by atoms with Crippen molar-refractivity contribution in [2.24, 2.45) is 0 Å². The smallest absolute Gasteiger partial charge is 0.309 e. The minimum absolute atomic E-state index is 0.238. The molecule has 0 N–H and O–H groups in total. The van der Waals surface area contributed by atoms with Crippen molar-refractivity contribution in [1.29, 1.82) is 0 Å². The maximum absolute atomic E-state index is 11.0. The standard InChI is InChI=1S/C11H12O3S/c1-2-14-11(13)5-3-4-9-7-15-8-10(9)6-12/h3-4,6-8H,2,5H2,1H3. The summed E-state index contributed by atoms with van der Waals surface area (Å²) < 4.78 is 4.76. The van der Waals surface area contributed by atoms with Crippen molar-refractivity contribution < 1.29 is 14.3 Å². The topological polar surface area (TPSA) is 43.4 Å². The molecule has 1 aromatic rings. The highest BCUT2D eigenvalue weighted by Gasteiger charge is 2.00. The average molecular weight is 224 g/mol. The minimum atomic E-state index is -0.253. The number of carbonyl (C=O) groups excluding carboxylic acids is 2. The maximum atomic E-state index is 11.0. The predicted molar refractivity (Wildman–Crippen MR) is 60.0 cm³/mol. The molecule has 0 unspecified atom stereocenters. The van der Waals surface area contributed by atoms with Crippen LogP contribution in [0.2, 0.25) is 0 Å². The molecule has 3 nitrogen and oxygen atoms in total. The van der Waals surface area contributed by atoms with Crippen LogP contribution >= 0.6 is 11.3 Å². The van der Waals surface area contributed by atoms with E-state index >= 15 is 0 Å². The van der Waals surface area contributed by atoms with Gasteiger partial charge in [-0.15, -0.1) is 0 Å². The molecule has 1 heterocycles. The Kier molecular flexibility index (Phi) is 4.77. The van der Waals surface area contributed by atoms with E-state index in [0.717, 1.165) is 11.8 Å². The minimum Gasteiger partial charge on any atom is -0.466 e. The number of aldehydes is 1. The molecule has 0 aliphatic carbocycles. The van der Waals surface area contributed by atoms with Crippen molar-refractivity contribution in [1.82, 2.24) is 0 Å². The van der Waals surface area contributed by atoms with Crippen LogP contribution in [0.1, 0.15) is 29.3 Å². The van der Waals surface area contributed by atoms with Crippen molar-refractivity contribution >= 4 is 29.7 Å². The zero-order valence-electron chi connectivity index (χ0n) is 8.43. The normalized spacial score (nSPS) is 10.5. The zero-order valence-corrected chi connectivity index (χ0v) is 9.25. The molecule has 0 radical (unpaired) electrons. The van der Waals surface area contributed by atoms with Crippen molar-refractivity contribution in [2.75, 3.05) is 6.61 Å². The van der Waals surface area contributed by atoms with Crippen molar-refractivity contribution in [3.63, 3.8) is 0 Å². The third-order valence-electron chi connectivity index (χ3n) is 1.74. The fourth-order valence-corrected chi connectivity index (χ4v) is 1.82. The predicted octanol–water partition coefficient (Wildman–Crippen LogP) is 2.53. The number of ether oxygens (including phenoxy) is 1. The Morgan fingerprint density at radius 3 is 2.87 bits per heavy atom. The molecule has 0 saturated carbocycles. The van der Waals surface area contributed by atoms with Crippen LogP contribution in [-0.2, 0) is 9.53 Å². The molecule has 0 atom stereocenters. The van der Waals surface area contributed by atoms with Crippen LogP contribution in [0.15, 0.2) is 16.8 Å². The number of thiophene rings is 1. The van der Waals surface area contributed by atoms with E-state index in [1.54, 1.807) is 24.5 Å². The van der Waals surface area contributed by atoms with Gasteiger partial charge in [-0.3, -0.25) is 9.59 Å². The second kappa shape index (κ2) is 6.14. The van der Waals surface area contributed by atoms with E-state index in [1.807, 2.05) is 5.38 Å². The molecule has 4 heteroatoms. The first-order chi connectivity index (χ1) is 7.27. The molecular weight excluding hydrogens is 212 g/mol. The third kappa shape index (κ3) is 3.67. The number of carbonyl (C=O) groups is 2. The molecule has 15 heavy (non-hydrogen) atoms. The molecule has 0 fully saturated rings. The summed E-state index contributed by atoms with van der Waals surface area (Å²) in [6.45, 7) is 2.16. The van der Waals surface area contributed by atoms with Crippen LogP contribution in [0.3, 0.4) is 0 Å². The van der Waals surface area contributed by atoms with Crippen molar-refractivity contribution in [2.45, 2.75) is 13.3 Å². The van der Waals surface area contributed by atoms with Gasteiger partial charge in [0, 0.05) is 10.9 Å². The first-order valence-electron chi connectivity index (χ1n) is 4.61. The van der Waals surface area contributed by atoms with Crippen LogP contribution in [-0.4, -0.2) is 18.9 Å². The van der Waals surface area contributed by atoms with E-state index in [1.165, 1.54) is 11.3 Å². The zero-order chi connectivity index (χ0) is 11.1. The summed E-state index contributed by atoms with van der Waals surface area (Å²) in [4.78, 5) is 21.6. The fourth-order valence-electron chi connectivity index (χ4n) is 1.05. The number of hydrogen-bond donors (Lipinski definition) is 0. The van der Waals surface area contributed by atoms with Gasteiger partial charge in [0.1, 0.15) is 0 Å². The van der Waals surface area contributed by atoms with Gasteiger partial charge in [0.15, 0.2) is 6.29 Å². The molecular formula is C11H12O3S. The van der Waals surface area contributed by atoms with Gasteiger partial charge >= 0.3 is 5.97 Å². The van der Waals surface area contributed by atoms with Gasteiger partial charge < -0.3 is 4.74 Å². The molecule has 1 rings (SSSR count). The Balaban J connectivity index is 2.51. The Labute approximate surface area is 92.4 Å². The Bertz CT molecular complexity index is 366. The molecule has 0 bridgehead atoms. The highest BCUT2D eigenvalue weighted by atomic mass is 32.1. The summed E-state index contributed by atoms with van der Waals surface area (Å²) in [5.41, 5.74) is 1.50. The largest absolute Gasteiger partial charge is 0.466 e. The SMILES string of the molecule is CCOC(=O)CC=Cc1cscc1C=O. The van der Waals surface area contributed by atoms with E-state index in [9.17, 15) is 9.59 Å². The molecule has 80 valence electrons. The van der Waals surface area contributed by atoms with Gasteiger partial charge in [-0.25, -0.2) is 0 Å².